The van der Waals surface area contributed by atoms with Crippen molar-refractivity contribution in [1.29, 1.82) is 0 Å². The number of ether oxygens (including phenoxy) is 3. The fourth-order valence-electron chi connectivity index (χ4n) is 3.66. The van der Waals surface area contributed by atoms with Crippen molar-refractivity contribution in [2.75, 3.05) is 47.6 Å². The highest BCUT2D eigenvalue weighted by Gasteiger charge is 2.27. The summed E-state index contributed by atoms with van der Waals surface area (Å²) < 4.78 is 43.4. The van der Waals surface area contributed by atoms with E-state index in [4.69, 9.17) is 14.2 Å². The van der Waals surface area contributed by atoms with Gasteiger partial charge in [-0.1, -0.05) is 18.2 Å². The number of amides is 1. The predicted molar refractivity (Wildman–Crippen MR) is 120 cm³/mol. The van der Waals surface area contributed by atoms with Crippen LogP contribution in [0.3, 0.4) is 0 Å². The van der Waals surface area contributed by atoms with Crippen molar-refractivity contribution in [3.05, 3.63) is 53.6 Å². The lowest BCUT2D eigenvalue weighted by Crippen LogP contribution is -2.40. The second-order valence-electron chi connectivity index (χ2n) is 7.55. The van der Waals surface area contributed by atoms with Crippen LogP contribution in [-0.4, -0.2) is 71.1 Å². The molecule has 174 valence electrons. The quantitative estimate of drug-likeness (QED) is 0.569. The molecule has 0 bridgehead atoms. The van der Waals surface area contributed by atoms with Gasteiger partial charge in [-0.05, 0) is 36.2 Å². The van der Waals surface area contributed by atoms with Crippen LogP contribution in [-0.2, 0) is 32.5 Å². The van der Waals surface area contributed by atoms with Crippen LogP contribution in [0.4, 0.5) is 0 Å². The van der Waals surface area contributed by atoms with Crippen molar-refractivity contribution >= 4 is 15.9 Å². The van der Waals surface area contributed by atoms with Crippen LogP contribution in [0.5, 0.6) is 11.5 Å². The van der Waals surface area contributed by atoms with Gasteiger partial charge in [0.25, 0.3) is 0 Å². The van der Waals surface area contributed by atoms with Gasteiger partial charge in [0.1, 0.15) is 11.5 Å². The van der Waals surface area contributed by atoms with Crippen LogP contribution in [0.1, 0.15) is 17.5 Å². The largest absolute Gasteiger partial charge is 0.496 e. The number of hydrogen-bond donors (Lipinski definition) is 0. The summed E-state index contributed by atoms with van der Waals surface area (Å²) in [5.74, 6) is 1.24. The zero-order valence-electron chi connectivity index (χ0n) is 18.7. The summed E-state index contributed by atoms with van der Waals surface area (Å²) in [5.41, 5.74) is 1.60. The molecular weight excluding hydrogens is 432 g/mol. The average Bonchev–Trinajstić information content (AvgIpc) is 2.83. The van der Waals surface area contributed by atoms with Crippen molar-refractivity contribution < 1.29 is 27.4 Å². The van der Waals surface area contributed by atoms with Crippen LogP contribution in [0.25, 0.3) is 0 Å². The third kappa shape index (κ3) is 5.59. The molecule has 1 fully saturated rings. The maximum absolute atomic E-state index is 13.0. The minimum absolute atomic E-state index is 0.0561. The normalized spacial score (nSPS) is 14.7. The van der Waals surface area contributed by atoms with Gasteiger partial charge < -0.3 is 19.1 Å². The van der Waals surface area contributed by atoms with E-state index in [-0.39, 0.29) is 17.2 Å². The molecule has 0 aromatic heterocycles. The Kier molecular flexibility index (Phi) is 8.11. The molecule has 0 spiro atoms. The second-order valence-corrected chi connectivity index (χ2v) is 9.49. The number of carbonyl (C=O) groups excluding carboxylic acids is 1. The number of sulfonamides is 1. The van der Waals surface area contributed by atoms with E-state index in [0.717, 1.165) is 11.3 Å². The molecular formula is C23H30N2O6S. The van der Waals surface area contributed by atoms with Crippen molar-refractivity contribution in [3.8, 4) is 11.5 Å². The van der Waals surface area contributed by atoms with Crippen molar-refractivity contribution in [1.82, 2.24) is 9.21 Å². The number of methoxy groups -OCH3 is 2. The van der Waals surface area contributed by atoms with E-state index in [1.807, 2.05) is 24.3 Å². The summed E-state index contributed by atoms with van der Waals surface area (Å²) in [5, 5.41) is 0. The zero-order valence-corrected chi connectivity index (χ0v) is 19.6. The highest BCUT2D eigenvalue weighted by atomic mass is 32.2. The molecule has 0 radical (unpaired) electrons. The number of para-hydroxylation sites is 1. The van der Waals surface area contributed by atoms with E-state index in [2.05, 4.69) is 0 Å². The van der Waals surface area contributed by atoms with Gasteiger partial charge in [0.15, 0.2) is 0 Å². The molecule has 1 aliphatic rings. The Morgan fingerprint density at radius 1 is 1.03 bits per heavy atom. The first-order chi connectivity index (χ1) is 15.4. The van der Waals surface area contributed by atoms with Gasteiger partial charge in [-0.15, -0.1) is 0 Å². The molecule has 2 aromatic rings. The summed E-state index contributed by atoms with van der Waals surface area (Å²) in [6.45, 7) is 1.85. The number of carbonyl (C=O) groups is 1. The van der Waals surface area contributed by atoms with Crippen molar-refractivity contribution in [2.24, 2.45) is 0 Å². The maximum atomic E-state index is 13.0. The Balaban J connectivity index is 1.70. The molecule has 0 atom stereocenters. The summed E-state index contributed by atoms with van der Waals surface area (Å²) >= 11 is 0. The molecule has 0 saturated carbocycles. The van der Waals surface area contributed by atoms with Crippen molar-refractivity contribution in [2.45, 2.75) is 24.3 Å². The summed E-state index contributed by atoms with van der Waals surface area (Å²) in [6.07, 6.45) is 0.591. The summed E-state index contributed by atoms with van der Waals surface area (Å²) in [4.78, 5) is 14.6. The van der Waals surface area contributed by atoms with Gasteiger partial charge in [-0.2, -0.15) is 4.31 Å². The molecule has 1 amide bonds. The van der Waals surface area contributed by atoms with E-state index >= 15 is 0 Å². The smallest absolute Gasteiger partial charge is 0.243 e. The fourth-order valence-corrected chi connectivity index (χ4v) is 5.12. The molecule has 8 nitrogen and oxygen atoms in total. The SMILES string of the molecule is COc1ccc(S(=O)(=O)N2CCOCC2)cc1CCC(=O)N(C)Cc1ccccc1OC. The Morgan fingerprint density at radius 3 is 2.38 bits per heavy atom. The highest BCUT2D eigenvalue weighted by Crippen LogP contribution is 2.26. The number of morpholine rings is 1. The Hall–Kier alpha value is -2.62. The maximum Gasteiger partial charge on any atom is 0.243 e. The van der Waals surface area contributed by atoms with Gasteiger partial charge in [0, 0.05) is 38.7 Å². The predicted octanol–water partition coefficient (Wildman–Crippen LogP) is 2.32. The number of nitrogens with zero attached hydrogens (tertiary/aromatic N) is 2. The molecule has 3 rings (SSSR count). The molecule has 9 heteroatoms. The van der Waals surface area contributed by atoms with E-state index in [0.29, 0.717) is 50.6 Å². The van der Waals surface area contributed by atoms with Crippen molar-refractivity contribution in [3.63, 3.8) is 0 Å². The monoisotopic (exact) mass is 462 g/mol. The first-order valence-corrected chi connectivity index (χ1v) is 11.9. The number of hydrogen-bond acceptors (Lipinski definition) is 6. The molecule has 1 saturated heterocycles. The summed E-state index contributed by atoms with van der Waals surface area (Å²) in [6, 6.07) is 12.4. The minimum atomic E-state index is -3.62. The van der Waals surface area contributed by atoms with Gasteiger partial charge >= 0.3 is 0 Å². The van der Waals surface area contributed by atoms with Crippen LogP contribution < -0.4 is 9.47 Å². The molecule has 0 N–H and O–H groups in total. The van der Waals surface area contributed by atoms with E-state index < -0.39 is 10.0 Å². The minimum Gasteiger partial charge on any atom is -0.496 e. The highest BCUT2D eigenvalue weighted by molar-refractivity contribution is 7.89. The fraction of sp³-hybridized carbons (Fsp3) is 0.435. The molecule has 1 aliphatic heterocycles. The van der Waals surface area contributed by atoms with Crippen LogP contribution in [0.15, 0.2) is 47.4 Å². The van der Waals surface area contributed by atoms with Gasteiger partial charge in [0.2, 0.25) is 15.9 Å². The Bertz CT molecular complexity index is 1030. The van der Waals surface area contributed by atoms with E-state index in [1.165, 1.54) is 11.4 Å². The molecule has 1 heterocycles. The first-order valence-electron chi connectivity index (χ1n) is 10.5. The lowest BCUT2D eigenvalue weighted by Gasteiger charge is -2.26. The number of aryl methyl sites for hydroxylation is 1. The molecule has 2 aromatic carbocycles. The standard InChI is InChI=1S/C23H30N2O6S/c1-24(17-19-6-4-5-7-21(19)29-2)23(26)11-8-18-16-20(9-10-22(18)30-3)32(27,28)25-12-14-31-15-13-25/h4-7,9-10,16H,8,11-15,17H2,1-3H3. The number of benzene rings is 2. The van der Waals surface area contributed by atoms with Gasteiger partial charge in [0.05, 0.1) is 32.3 Å². The average molecular weight is 463 g/mol. The lowest BCUT2D eigenvalue weighted by atomic mass is 10.1. The van der Waals surface area contributed by atoms with Crippen LogP contribution >= 0.6 is 0 Å². The third-order valence-corrected chi connectivity index (χ3v) is 7.39. The summed E-state index contributed by atoms with van der Waals surface area (Å²) in [7, 11) is 1.25. The third-order valence-electron chi connectivity index (χ3n) is 5.49. The zero-order chi connectivity index (χ0) is 23.1. The molecule has 0 aliphatic carbocycles. The first kappa shape index (κ1) is 24.0. The Labute approximate surface area is 189 Å². The Morgan fingerprint density at radius 2 is 1.69 bits per heavy atom. The lowest BCUT2D eigenvalue weighted by molar-refractivity contribution is -0.130. The molecule has 32 heavy (non-hydrogen) atoms. The van der Waals surface area contributed by atoms with Gasteiger partial charge in [-0.3, -0.25) is 4.79 Å². The topological polar surface area (TPSA) is 85.4 Å². The van der Waals surface area contributed by atoms with Gasteiger partial charge in [-0.25, -0.2) is 8.42 Å². The molecule has 0 unspecified atom stereocenters. The van der Waals surface area contributed by atoms with Crippen LogP contribution in [0, 0.1) is 0 Å². The van der Waals surface area contributed by atoms with E-state index in [1.54, 1.807) is 37.3 Å². The number of rotatable bonds is 9. The second kappa shape index (κ2) is 10.8. The van der Waals surface area contributed by atoms with E-state index in [9.17, 15) is 13.2 Å². The van der Waals surface area contributed by atoms with Crippen LogP contribution in [0.2, 0.25) is 0 Å².